The van der Waals surface area contributed by atoms with Gasteiger partial charge < -0.3 is 15.3 Å². The molecule has 1 saturated carbocycles. The average molecular weight is 330 g/mol. The molecule has 5 nitrogen and oxygen atoms in total. The third-order valence-corrected chi connectivity index (χ3v) is 5.23. The van der Waals surface area contributed by atoms with Crippen LogP contribution >= 0.6 is 0 Å². The first-order chi connectivity index (χ1) is 11.6. The van der Waals surface area contributed by atoms with Crippen molar-refractivity contribution in [2.24, 2.45) is 5.41 Å². The van der Waals surface area contributed by atoms with Gasteiger partial charge in [-0.05, 0) is 36.8 Å². The number of nitrogens with one attached hydrogen (secondary N) is 1. The molecular weight excluding hydrogens is 304 g/mol. The minimum Gasteiger partial charge on any atom is -0.396 e. The molecule has 0 radical (unpaired) electrons. The number of hydrogen-bond acceptors (Lipinski definition) is 3. The number of carbonyl (C=O) groups is 2. The average Bonchev–Trinajstić information content (AvgIpc) is 3.40. The maximum absolute atomic E-state index is 12.3. The van der Waals surface area contributed by atoms with E-state index in [0.717, 1.165) is 25.8 Å². The normalized spacial score (nSPS) is 18.0. The fourth-order valence-electron chi connectivity index (χ4n) is 3.21. The van der Waals surface area contributed by atoms with Crippen molar-refractivity contribution in [3.63, 3.8) is 0 Å². The number of hydrogen-bond donors (Lipinski definition) is 2. The van der Waals surface area contributed by atoms with Crippen LogP contribution in [0.2, 0.25) is 0 Å². The summed E-state index contributed by atoms with van der Waals surface area (Å²) >= 11 is 0. The second-order valence-electron chi connectivity index (χ2n) is 7.12. The van der Waals surface area contributed by atoms with Crippen molar-refractivity contribution in [3.8, 4) is 0 Å². The molecule has 0 saturated heterocycles. The summed E-state index contributed by atoms with van der Waals surface area (Å²) in [6, 6.07) is 8.26. The van der Waals surface area contributed by atoms with Crippen LogP contribution in [0.3, 0.4) is 0 Å². The topological polar surface area (TPSA) is 69.6 Å². The molecule has 2 amide bonds. The first kappa shape index (κ1) is 17.0. The van der Waals surface area contributed by atoms with Gasteiger partial charge in [0.1, 0.15) is 0 Å². The molecule has 2 N–H and O–H groups in total. The Labute approximate surface area is 143 Å². The lowest BCUT2D eigenvalue weighted by Gasteiger charge is -2.29. The van der Waals surface area contributed by atoms with E-state index in [0.29, 0.717) is 32.4 Å². The van der Waals surface area contributed by atoms with E-state index in [-0.39, 0.29) is 23.8 Å². The van der Waals surface area contributed by atoms with E-state index in [1.165, 1.54) is 11.1 Å². The smallest absolute Gasteiger partial charge is 0.222 e. The van der Waals surface area contributed by atoms with Crippen molar-refractivity contribution in [2.75, 3.05) is 19.7 Å². The highest BCUT2D eigenvalue weighted by Gasteiger charge is 2.41. The highest BCUT2D eigenvalue weighted by molar-refractivity contribution is 5.79. The van der Waals surface area contributed by atoms with Crippen molar-refractivity contribution in [1.82, 2.24) is 10.2 Å². The van der Waals surface area contributed by atoms with E-state index >= 15 is 0 Å². The number of fused-ring (bicyclic) bond motifs is 1. The Hall–Kier alpha value is -1.88. The lowest BCUT2D eigenvalue weighted by Crippen LogP contribution is -2.36. The van der Waals surface area contributed by atoms with Gasteiger partial charge in [-0.1, -0.05) is 24.3 Å². The number of rotatable bonds is 7. The predicted molar refractivity (Wildman–Crippen MR) is 91.2 cm³/mol. The largest absolute Gasteiger partial charge is 0.396 e. The summed E-state index contributed by atoms with van der Waals surface area (Å²) in [7, 11) is 0. The zero-order chi connectivity index (χ0) is 17.0. The molecule has 0 unspecified atom stereocenters. The third-order valence-electron chi connectivity index (χ3n) is 5.23. The van der Waals surface area contributed by atoms with Gasteiger partial charge in [-0.3, -0.25) is 9.59 Å². The molecule has 1 aromatic rings. The van der Waals surface area contributed by atoms with E-state index in [2.05, 4.69) is 17.4 Å². The zero-order valence-electron chi connectivity index (χ0n) is 14.1. The van der Waals surface area contributed by atoms with Crippen LogP contribution in [-0.2, 0) is 22.6 Å². The van der Waals surface area contributed by atoms with Gasteiger partial charge >= 0.3 is 0 Å². The van der Waals surface area contributed by atoms with Gasteiger partial charge in [0.25, 0.3) is 0 Å². The standard InChI is InChI=1S/C19H26N2O3/c22-14-19(9-10-19)13-20-17(23)6-3-7-18(24)21-11-8-15-4-1-2-5-16(15)12-21/h1-2,4-5,22H,3,6-14H2,(H,20,23). The predicted octanol–water partition coefficient (Wildman–Crippen LogP) is 1.63. The van der Waals surface area contributed by atoms with Crippen molar-refractivity contribution < 1.29 is 14.7 Å². The molecule has 24 heavy (non-hydrogen) atoms. The molecule has 3 rings (SSSR count). The summed E-state index contributed by atoms with van der Waals surface area (Å²) in [5.41, 5.74) is 2.50. The van der Waals surface area contributed by atoms with Gasteiger partial charge in [0.15, 0.2) is 0 Å². The van der Waals surface area contributed by atoms with Crippen molar-refractivity contribution >= 4 is 11.8 Å². The Bertz CT molecular complexity index is 610. The summed E-state index contributed by atoms with van der Waals surface area (Å²) in [5, 5.41) is 12.1. The molecule has 1 fully saturated rings. The number of benzene rings is 1. The molecule has 0 bridgehead atoms. The molecule has 2 aliphatic rings. The quantitative estimate of drug-likeness (QED) is 0.798. The van der Waals surface area contributed by atoms with Crippen LogP contribution < -0.4 is 5.32 Å². The number of aliphatic hydroxyl groups excluding tert-OH is 1. The van der Waals surface area contributed by atoms with E-state index in [9.17, 15) is 14.7 Å². The monoisotopic (exact) mass is 330 g/mol. The Kier molecular flexibility index (Phi) is 5.19. The summed E-state index contributed by atoms with van der Waals surface area (Å²) < 4.78 is 0. The van der Waals surface area contributed by atoms with Crippen molar-refractivity contribution in [1.29, 1.82) is 0 Å². The van der Waals surface area contributed by atoms with E-state index in [4.69, 9.17) is 0 Å². The summed E-state index contributed by atoms with van der Waals surface area (Å²) in [4.78, 5) is 26.1. The van der Waals surface area contributed by atoms with Crippen LogP contribution in [0.1, 0.15) is 43.2 Å². The van der Waals surface area contributed by atoms with Gasteiger partial charge in [-0.25, -0.2) is 0 Å². The van der Waals surface area contributed by atoms with Gasteiger partial charge in [0, 0.05) is 37.9 Å². The Balaban J connectivity index is 1.36. The van der Waals surface area contributed by atoms with Gasteiger partial charge in [0.2, 0.25) is 11.8 Å². The Morgan fingerprint density at radius 1 is 1.17 bits per heavy atom. The van der Waals surface area contributed by atoms with Crippen LogP contribution in [0.25, 0.3) is 0 Å². The highest BCUT2D eigenvalue weighted by Crippen LogP contribution is 2.44. The zero-order valence-corrected chi connectivity index (χ0v) is 14.1. The molecule has 0 aromatic heterocycles. The second kappa shape index (κ2) is 7.34. The molecule has 0 atom stereocenters. The van der Waals surface area contributed by atoms with Crippen LogP contribution in [0.15, 0.2) is 24.3 Å². The van der Waals surface area contributed by atoms with Crippen molar-refractivity contribution in [2.45, 2.75) is 45.1 Å². The van der Waals surface area contributed by atoms with Crippen LogP contribution in [0.5, 0.6) is 0 Å². The molecule has 0 spiro atoms. The fourth-order valence-corrected chi connectivity index (χ4v) is 3.21. The Morgan fingerprint density at radius 3 is 2.62 bits per heavy atom. The maximum atomic E-state index is 12.3. The molecule has 5 heteroatoms. The summed E-state index contributed by atoms with van der Waals surface area (Å²) in [6.45, 7) is 2.14. The second-order valence-corrected chi connectivity index (χ2v) is 7.12. The van der Waals surface area contributed by atoms with Gasteiger partial charge in [-0.15, -0.1) is 0 Å². The highest BCUT2D eigenvalue weighted by atomic mass is 16.3. The molecule has 1 heterocycles. The molecule has 1 aliphatic heterocycles. The van der Waals surface area contributed by atoms with E-state index in [1.54, 1.807) is 0 Å². The lowest BCUT2D eigenvalue weighted by molar-refractivity contribution is -0.132. The number of carbonyl (C=O) groups excluding carboxylic acids is 2. The Morgan fingerprint density at radius 2 is 1.92 bits per heavy atom. The van der Waals surface area contributed by atoms with Gasteiger partial charge in [0.05, 0.1) is 6.61 Å². The SMILES string of the molecule is O=C(CCCC(=O)N1CCc2ccccc2C1)NCC1(CO)CC1. The molecule has 1 aromatic carbocycles. The summed E-state index contributed by atoms with van der Waals surface area (Å²) in [5.74, 6) is 0.109. The van der Waals surface area contributed by atoms with E-state index < -0.39 is 0 Å². The minimum atomic E-state index is -0.0628. The van der Waals surface area contributed by atoms with E-state index in [1.807, 2.05) is 17.0 Å². The number of aliphatic hydroxyl groups is 1. The minimum absolute atomic E-state index is 0.0217. The molecule has 130 valence electrons. The first-order valence-electron chi connectivity index (χ1n) is 8.84. The summed E-state index contributed by atoms with van der Waals surface area (Å²) in [6.07, 6.45) is 4.25. The lowest BCUT2D eigenvalue weighted by atomic mass is 9.99. The van der Waals surface area contributed by atoms with Crippen LogP contribution in [-0.4, -0.2) is 41.5 Å². The van der Waals surface area contributed by atoms with Crippen LogP contribution in [0, 0.1) is 5.41 Å². The fraction of sp³-hybridized carbons (Fsp3) is 0.579. The van der Waals surface area contributed by atoms with Crippen LogP contribution in [0.4, 0.5) is 0 Å². The number of nitrogens with zero attached hydrogens (tertiary/aromatic N) is 1. The third kappa shape index (κ3) is 4.15. The maximum Gasteiger partial charge on any atom is 0.222 e. The molecule has 1 aliphatic carbocycles. The first-order valence-corrected chi connectivity index (χ1v) is 8.84. The molecular formula is C19H26N2O3. The van der Waals surface area contributed by atoms with Crippen molar-refractivity contribution in [3.05, 3.63) is 35.4 Å². The van der Waals surface area contributed by atoms with Gasteiger partial charge in [-0.2, -0.15) is 0 Å². The number of amides is 2.